The standard InChI is InChI=1S/C26H54N2O2/c1-28(2)27-26(30)24-22-20-18-16-14-12-10-8-6-4-3-5-7-9-11-13-15-17-19-21-23-25-29/h29H,3-25H2,1-2H3,(H,27,30). The first-order valence-electron chi connectivity index (χ1n) is 13.2. The van der Waals surface area contributed by atoms with Crippen LogP contribution in [0.3, 0.4) is 0 Å². The molecule has 0 aliphatic rings. The van der Waals surface area contributed by atoms with E-state index in [4.69, 9.17) is 5.11 Å². The molecule has 2 N–H and O–H groups in total. The Bertz CT molecular complexity index is 348. The zero-order valence-electron chi connectivity index (χ0n) is 20.6. The van der Waals surface area contributed by atoms with Crippen molar-refractivity contribution < 1.29 is 9.90 Å². The molecule has 0 spiro atoms. The molecular formula is C26H54N2O2. The molecule has 0 heterocycles. The number of aliphatic hydroxyl groups excluding tert-OH is 1. The van der Waals surface area contributed by atoms with E-state index in [1.807, 2.05) is 14.1 Å². The molecule has 0 aliphatic heterocycles. The fraction of sp³-hybridized carbons (Fsp3) is 0.962. The van der Waals surface area contributed by atoms with Crippen LogP contribution in [0.25, 0.3) is 0 Å². The summed E-state index contributed by atoms with van der Waals surface area (Å²) in [6.07, 6.45) is 28.7. The smallest absolute Gasteiger partial charge is 0.234 e. The maximum atomic E-state index is 11.5. The van der Waals surface area contributed by atoms with Crippen molar-refractivity contribution >= 4 is 5.91 Å². The molecular weight excluding hydrogens is 372 g/mol. The first-order valence-corrected chi connectivity index (χ1v) is 13.2. The molecule has 0 aromatic rings. The molecule has 30 heavy (non-hydrogen) atoms. The van der Waals surface area contributed by atoms with Crippen LogP contribution in [0.2, 0.25) is 0 Å². The molecule has 0 rings (SSSR count). The molecule has 0 fully saturated rings. The molecule has 0 saturated carbocycles. The second-order valence-corrected chi connectivity index (χ2v) is 9.33. The van der Waals surface area contributed by atoms with E-state index in [1.165, 1.54) is 122 Å². The normalized spacial score (nSPS) is 11.3. The average molecular weight is 427 g/mol. The SMILES string of the molecule is CN(C)NC(=O)CCCCCCCCCCCCCCCCCCCCCCCO. The van der Waals surface area contributed by atoms with Gasteiger partial charge in [0.1, 0.15) is 0 Å². The Morgan fingerprint density at radius 1 is 0.533 bits per heavy atom. The third-order valence-corrected chi connectivity index (χ3v) is 5.91. The highest BCUT2D eigenvalue weighted by Crippen LogP contribution is 2.15. The number of aliphatic hydroxyl groups is 1. The van der Waals surface area contributed by atoms with Crippen LogP contribution in [-0.4, -0.2) is 36.7 Å². The minimum Gasteiger partial charge on any atom is -0.396 e. The van der Waals surface area contributed by atoms with Gasteiger partial charge < -0.3 is 5.11 Å². The number of carbonyl (C=O) groups excluding carboxylic acids is 1. The lowest BCUT2D eigenvalue weighted by atomic mass is 10.0. The van der Waals surface area contributed by atoms with Gasteiger partial charge in [-0.15, -0.1) is 0 Å². The zero-order chi connectivity index (χ0) is 22.1. The van der Waals surface area contributed by atoms with Gasteiger partial charge in [0.25, 0.3) is 0 Å². The van der Waals surface area contributed by atoms with Crippen molar-refractivity contribution in [1.82, 2.24) is 10.4 Å². The fourth-order valence-electron chi connectivity index (χ4n) is 4.06. The minimum atomic E-state index is 0.140. The lowest BCUT2D eigenvalue weighted by Gasteiger charge is -2.11. The summed E-state index contributed by atoms with van der Waals surface area (Å²) < 4.78 is 0. The molecule has 4 heteroatoms. The summed E-state index contributed by atoms with van der Waals surface area (Å²) in [5, 5.41) is 10.5. The van der Waals surface area contributed by atoms with E-state index >= 15 is 0 Å². The largest absolute Gasteiger partial charge is 0.396 e. The van der Waals surface area contributed by atoms with Crippen molar-refractivity contribution in [3.63, 3.8) is 0 Å². The van der Waals surface area contributed by atoms with E-state index in [2.05, 4.69) is 5.43 Å². The average Bonchev–Trinajstić information content (AvgIpc) is 2.71. The number of hydrogen-bond donors (Lipinski definition) is 2. The quantitative estimate of drug-likeness (QED) is 0.127. The molecule has 1 amide bonds. The van der Waals surface area contributed by atoms with Crippen LogP contribution in [0, 0.1) is 0 Å². The predicted octanol–water partition coefficient (Wildman–Crippen LogP) is 7.15. The van der Waals surface area contributed by atoms with E-state index in [1.54, 1.807) is 5.01 Å². The summed E-state index contributed by atoms with van der Waals surface area (Å²) in [7, 11) is 3.71. The van der Waals surface area contributed by atoms with Crippen molar-refractivity contribution in [2.24, 2.45) is 0 Å². The van der Waals surface area contributed by atoms with Gasteiger partial charge in [-0.3, -0.25) is 10.2 Å². The molecule has 180 valence electrons. The van der Waals surface area contributed by atoms with E-state index < -0.39 is 0 Å². The van der Waals surface area contributed by atoms with Gasteiger partial charge in [0.15, 0.2) is 0 Å². The van der Waals surface area contributed by atoms with Gasteiger partial charge in [-0.05, 0) is 12.8 Å². The molecule has 0 aliphatic carbocycles. The monoisotopic (exact) mass is 426 g/mol. The Hall–Kier alpha value is -0.610. The van der Waals surface area contributed by atoms with Crippen LogP contribution in [0.4, 0.5) is 0 Å². The lowest BCUT2D eigenvalue weighted by Crippen LogP contribution is -2.35. The Balaban J connectivity index is 3.06. The Kier molecular flexibility index (Phi) is 24.2. The molecule has 0 bridgehead atoms. The van der Waals surface area contributed by atoms with Gasteiger partial charge in [-0.2, -0.15) is 0 Å². The van der Waals surface area contributed by atoms with Crippen LogP contribution < -0.4 is 5.43 Å². The van der Waals surface area contributed by atoms with Crippen molar-refractivity contribution in [2.45, 2.75) is 141 Å². The summed E-state index contributed by atoms with van der Waals surface area (Å²) in [5.74, 6) is 0.140. The van der Waals surface area contributed by atoms with Gasteiger partial charge in [-0.1, -0.05) is 122 Å². The van der Waals surface area contributed by atoms with Crippen LogP contribution in [0.1, 0.15) is 141 Å². The molecule has 0 unspecified atom stereocenters. The number of hydrogen-bond acceptors (Lipinski definition) is 3. The highest BCUT2D eigenvalue weighted by atomic mass is 16.2. The summed E-state index contributed by atoms with van der Waals surface area (Å²) in [6, 6.07) is 0. The summed E-state index contributed by atoms with van der Waals surface area (Å²) >= 11 is 0. The summed E-state index contributed by atoms with van der Waals surface area (Å²) in [6.45, 7) is 0.362. The van der Waals surface area contributed by atoms with Gasteiger partial charge in [-0.25, -0.2) is 5.01 Å². The van der Waals surface area contributed by atoms with Crippen molar-refractivity contribution in [3.05, 3.63) is 0 Å². The van der Waals surface area contributed by atoms with Crippen LogP contribution in [-0.2, 0) is 4.79 Å². The first-order chi connectivity index (χ1) is 14.7. The topological polar surface area (TPSA) is 52.6 Å². The van der Waals surface area contributed by atoms with Crippen LogP contribution in [0.5, 0.6) is 0 Å². The number of nitrogens with zero attached hydrogens (tertiary/aromatic N) is 1. The Labute approximate surface area is 188 Å². The number of carbonyl (C=O) groups is 1. The molecule has 4 nitrogen and oxygen atoms in total. The number of nitrogens with one attached hydrogen (secondary N) is 1. The van der Waals surface area contributed by atoms with Crippen molar-refractivity contribution in [2.75, 3.05) is 20.7 Å². The summed E-state index contributed by atoms with van der Waals surface area (Å²) in [4.78, 5) is 11.5. The van der Waals surface area contributed by atoms with Gasteiger partial charge >= 0.3 is 0 Å². The predicted molar refractivity (Wildman–Crippen MR) is 130 cm³/mol. The third kappa shape index (κ3) is 25.4. The molecule has 0 radical (unpaired) electrons. The summed E-state index contributed by atoms with van der Waals surface area (Å²) in [5.41, 5.74) is 2.79. The van der Waals surface area contributed by atoms with Crippen molar-refractivity contribution in [1.29, 1.82) is 0 Å². The molecule has 0 aromatic heterocycles. The fourth-order valence-corrected chi connectivity index (χ4v) is 4.06. The Morgan fingerprint density at radius 3 is 1.07 bits per heavy atom. The van der Waals surface area contributed by atoms with Crippen LogP contribution in [0.15, 0.2) is 0 Å². The molecule has 0 aromatic carbocycles. The van der Waals surface area contributed by atoms with E-state index in [0.717, 1.165) is 12.8 Å². The zero-order valence-corrected chi connectivity index (χ0v) is 20.6. The van der Waals surface area contributed by atoms with Gasteiger partial charge in [0.2, 0.25) is 5.91 Å². The maximum Gasteiger partial charge on any atom is 0.234 e. The number of rotatable bonds is 24. The van der Waals surface area contributed by atoms with Gasteiger partial charge in [0, 0.05) is 27.1 Å². The molecule has 0 atom stereocenters. The minimum absolute atomic E-state index is 0.140. The lowest BCUT2D eigenvalue weighted by molar-refractivity contribution is -0.124. The highest BCUT2D eigenvalue weighted by molar-refractivity contribution is 5.75. The first kappa shape index (κ1) is 29.4. The van der Waals surface area contributed by atoms with Crippen LogP contribution >= 0.6 is 0 Å². The van der Waals surface area contributed by atoms with E-state index in [0.29, 0.717) is 13.0 Å². The Morgan fingerprint density at radius 2 is 0.800 bits per heavy atom. The van der Waals surface area contributed by atoms with Crippen molar-refractivity contribution in [3.8, 4) is 0 Å². The molecule has 0 saturated heterocycles. The maximum absolute atomic E-state index is 11.5. The number of unbranched alkanes of at least 4 members (excludes halogenated alkanes) is 20. The number of amides is 1. The third-order valence-electron chi connectivity index (χ3n) is 5.91. The second-order valence-electron chi connectivity index (χ2n) is 9.33. The van der Waals surface area contributed by atoms with E-state index in [9.17, 15) is 4.79 Å². The highest BCUT2D eigenvalue weighted by Gasteiger charge is 2.01. The van der Waals surface area contributed by atoms with Gasteiger partial charge in [0.05, 0.1) is 0 Å². The second kappa shape index (κ2) is 24.7. The van der Waals surface area contributed by atoms with E-state index in [-0.39, 0.29) is 5.91 Å². The number of hydrazine groups is 1.